The second-order valence-corrected chi connectivity index (χ2v) is 5.54. The van der Waals surface area contributed by atoms with E-state index in [0.717, 1.165) is 27.5 Å². The van der Waals surface area contributed by atoms with Crippen molar-refractivity contribution in [3.8, 4) is 16.9 Å². The maximum atomic E-state index is 5.53. The average molecular weight is 294 g/mol. The van der Waals surface area contributed by atoms with E-state index >= 15 is 0 Å². The summed E-state index contributed by atoms with van der Waals surface area (Å²) in [5.74, 6) is 0.722. The SMILES string of the molecule is COc1c#ccc2cccc(-c3cccc4c#ccc(C)c34)c12. The van der Waals surface area contributed by atoms with Gasteiger partial charge in [0.15, 0.2) is 5.75 Å². The van der Waals surface area contributed by atoms with Crippen molar-refractivity contribution in [1.82, 2.24) is 0 Å². The predicted octanol–water partition coefficient (Wildman–Crippen LogP) is 5.18. The van der Waals surface area contributed by atoms with Crippen LogP contribution in [0.1, 0.15) is 5.56 Å². The molecule has 1 nitrogen and oxygen atoms in total. The molecule has 4 aromatic carbocycles. The van der Waals surface area contributed by atoms with E-state index in [1.54, 1.807) is 7.11 Å². The highest BCUT2D eigenvalue weighted by Crippen LogP contribution is 2.37. The standard InChI is InChI=1S/C22H14O/c1-15-7-3-8-16-9-4-12-18(21(15)16)19-13-5-10-17-11-6-14-20(23-2)22(17)19/h4-5,7,9-13H,1-2H3. The zero-order chi connectivity index (χ0) is 15.8. The van der Waals surface area contributed by atoms with Crippen molar-refractivity contribution < 1.29 is 4.74 Å². The molecule has 0 fully saturated rings. The second-order valence-electron chi connectivity index (χ2n) is 5.54. The molecular weight excluding hydrogens is 280 g/mol. The first-order valence-electron chi connectivity index (χ1n) is 7.51. The highest BCUT2D eigenvalue weighted by Gasteiger charge is 2.12. The predicted molar refractivity (Wildman–Crippen MR) is 93.5 cm³/mol. The Hall–Kier alpha value is -3.16. The third-order valence-electron chi connectivity index (χ3n) is 4.19. The molecule has 1 heteroatoms. The quantitative estimate of drug-likeness (QED) is 0.495. The van der Waals surface area contributed by atoms with E-state index in [1.165, 1.54) is 16.5 Å². The number of methoxy groups -OCH3 is 1. The van der Waals surface area contributed by atoms with Gasteiger partial charge in [0.1, 0.15) is 0 Å². The lowest BCUT2D eigenvalue weighted by molar-refractivity contribution is 0.420. The first-order chi connectivity index (χ1) is 11.3. The van der Waals surface area contributed by atoms with Gasteiger partial charge in [-0.25, -0.2) is 0 Å². The van der Waals surface area contributed by atoms with Crippen LogP contribution >= 0.6 is 0 Å². The summed E-state index contributed by atoms with van der Waals surface area (Å²) in [7, 11) is 1.67. The molecule has 0 aromatic heterocycles. The Morgan fingerprint density at radius 1 is 0.826 bits per heavy atom. The van der Waals surface area contributed by atoms with Crippen LogP contribution in [0.5, 0.6) is 5.75 Å². The van der Waals surface area contributed by atoms with E-state index in [1.807, 2.05) is 12.1 Å². The molecule has 4 aromatic rings. The van der Waals surface area contributed by atoms with Crippen molar-refractivity contribution in [2.75, 3.05) is 7.11 Å². The molecule has 0 spiro atoms. The topological polar surface area (TPSA) is 9.23 Å². The van der Waals surface area contributed by atoms with Gasteiger partial charge in [-0.2, -0.15) is 0 Å². The lowest BCUT2D eigenvalue weighted by atomic mass is 9.92. The van der Waals surface area contributed by atoms with Crippen LogP contribution in [-0.2, 0) is 0 Å². The van der Waals surface area contributed by atoms with Crippen molar-refractivity contribution >= 4 is 21.5 Å². The fraction of sp³-hybridized carbons (Fsp3) is 0.0909. The van der Waals surface area contributed by atoms with Crippen LogP contribution in [0.3, 0.4) is 0 Å². The summed E-state index contributed by atoms with van der Waals surface area (Å²) < 4.78 is 5.53. The van der Waals surface area contributed by atoms with E-state index < -0.39 is 0 Å². The largest absolute Gasteiger partial charge is 0.488 e. The van der Waals surface area contributed by atoms with E-state index in [9.17, 15) is 0 Å². The molecule has 0 atom stereocenters. The Kier molecular flexibility index (Phi) is 3.07. The molecule has 0 unspecified atom stereocenters. The first-order valence-corrected chi connectivity index (χ1v) is 7.51. The van der Waals surface area contributed by atoms with Crippen LogP contribution < -0.4 is 4.74 Å². The molecule has 0 N–H and O–H groups in total. The van der Waals surface area contributed by atoms with Gasteiger partial charge in [-0.3, -0.25) is 0 Å². The Labute approximate surface area is 136 Å². The molecule has 0 saturated carbocycles. The van der Waals surface area contributed by atoms with Crippen LogP contribution in [-0.4, -0.2) is 7.11 Å². The maximum Gasteiger partial charge on any atom is 0.178 e. The van der Waals surface area contributed by atoms with Gasteiger partial charge in [0.2, 0.25) is 0 Å². The summed E-state index contributed by atoms with van der Waals surface area (Å²) in [4.78, 5) is 0. The molecule has 0 saturated heterocycles. The van der Waals surface area contributed by atoms with Gasteiger partial charge in [0.05, 0.1) is 7.11 Å². The summed E-state index contributed by atoms with van der Waals surface area (Å²) in [6.07, 6.45) is 0. The van der Waals surface area contributed by atoms with Crippen molar-refractivity contribution in [1.29, 1.82) is 0 Å². The summed E-state index contributed by atoms with van der Waals surface area (Å²) in [5.41, 5.74) is 3.50. The van der Waals surface area contributed by atoms with Gasteiger partial charge in [-0.1, -0.05) is 48.5 Å². The number of benzene rings is 2. The molecule has 4 rings (SSSR count). The summed E-state index contributed by atoms with van der Waals surface area (Å²) >= 11 is 0. The third kappa shape index (κ3) is 2.07. The zero-order valence-corrected chi connectivity index (χ0v) is 13.0. The van der Waals surface area contributed by atoms with E-state index in [0.29, 0.717) is 0 Å². The van der Waals surface area contributed by atoms with E-state index in [4.69, 9.17) is 4.74 Å². The lowest BCUT2D eigenvalue weighted by Crippen LogP contribution is -1.89. The Morgan fingerprint density at radius 3 is 2.39 bits per heavy atom. The van der Waals surface area contributed by atoms with E-state index in [-0.39, 0.29) is 0 Å². The van der Waals surface area contributed by atoms with E-state index in [2.05, 4.69) is 67.6 Å². The van der Waals surface area contributed by atoms with Crippen molar-refractivity contribution in [3.63, 3.8) is 0 Å². The molecule has 0 aliphatic carbocycles. The number of fused-ring (bicyclic) bond motifs is 2. The molecule has 108 valence electrons. The number of hydrogen-bond acceptors (Lipinski definition) is 1. The smallest absolute Gasteiger partial charge is 0.178 e. The molecule has 0 aliphatic rings. The van der Waals surface area contributed by atoms with Gasteiger partial charge < -0.3 is 4.74 Å². The average Bonchev–Trinajstić information content (AvgIpc) is 2.60. The Morgan fingerprint density at radius 2 is 1.57 bits per heavy atom. The maximum absolute atomic E-state index is 5.53. The number of ether oxygens (including phenoxy) is 1. The van der Waals surface area contributed by atoms with Gasteiger partial charge in [-0.15, -0.1) is 0 Å². The van der Waals surface area contributed by atoms with Gasteiger partial charge in [0.25, 0.3) is 0 Å². The molecule has 0 amide bonds. The fourth-order valence-corrected chi connectivity index (χ4v) is 3.16. The van der Waals surface area contributed by atoms with Crippen molar-refractivity contribution in [2.45, 2.75) is 6.92 Å². The number of hydrogen-bond donors (Lipinski definition) is 0. The Bertz CT molecular complexity index is 1000. The van der Waals surface area contributed by atoms with Crippen LogP contribution in [0.15, 0.2) is 48.5 Å². The minimum absolute atomic E-state index is 0.722. The highest BCUT2D eigenvalue weighted by atomic mass is 16.5. The Balaban J connectivity index is 2.16. The molecule has 23 heavy (non-hydrogen) atoms. The van der Waals surface area contributed by atoms with Crippen LogP contribution in [0.2, 0.25) is 0 Å². The number of aryl methyl sites for hydroxylation is 1. The minimum Gasteiger partial charge on any atom is -0.488 e. The number of rotatable bonds is 2. The van der Waals surface area contributed by atoms with Crippen LogP contribution in [0, 0.1) is 31.2 Å². The summed E-state index contributed by atoms with van der Waals surface area (Å²) in [5, 5.41) is 4.44. The van der Waals surface area contributed by atoms with Crippen molar-refractivity contribution in [3.05, 3.63) is 78.4 Å². The second kappa shape index (κ2) is 5.24. The zero-order valence-electron chi connectivity index (χ0n) is 13.0. The van der Waals surface area contributed by atoms with Crippen molar-refractivity contribution in [2.24, 2.45) is 0 Å². The molecular formula is C22H14O. The van der Waals surface area contributed by atoms with Gasteiger partial charge in [-0.05, 0) is 53.3 Å². The third-order valence-corrected chi connectivity index (χ3v) is 4.19. The normalized spacial score (nSPS) is 10.3. The molecule has 0 bridgehead atoms. The summed E-state index contributed by atoms with van der Waals surface area (Å²) in [6, 6.07) is 28.9. The first kappa shape index (κ1) is 13.5. The monoisotopic (exact) mass is 294 g/mol. The van der Waals surface area contributed by atoms with Crippen LogP contribution in [0.4, 0.5) is 0 Å². The highest BCUT2D eigenvalue weighted by molar-refractivity contribution is 6.07. The van der Waals surface area contributed by atoms with Gasteiger partial charge in [0, 0.05) is 16.2 Å². The summed E-state index contributed by atoms with van der Waals surface area (Å²) in [6.45, 7) is 2.11. The molecule has 0 radical (unpaired) electrons. The van der Waals surface area contributed by atoms with Crippen LogP contribution in [0.25, 0.3) is 32.7 Å². The lowest BCUT2D eigenvalue weighted by Gasteiger charge is -2.12. The van der Waals surface area contributed by atoms with Gasteiger partial charge >= 0.3 is 0 Å². The molecule has 0 aliphatic heterocycles. The minimum atomic E-state index is 0.722. The molecule has 0 heterocycles. The fourth-order valence-electron chi connectivity index (χ4n) is 3.16.